The molecule has 3 heterocycles. The topological polar surface area (TPSA) is 76.3 Å². The summed E-state index contributed by atoms with van der Waals surface area (Å²) >= 11 is 1.40. The molecule has 1 saturated carbocycles. The van der Waals surface area contributed by atoms with E-state index in [4.69, 9.17) is 4.52 Å². The Labute approximate surface area is 161 Å². The molecule has 5 rings (SSSR count). The molecule has 0 spiro atoms. The summed E-state index contributed by atoms with van der Waals surface area (Å²) < 4.78 is 33.4. The Bertz CT molecular complexity index is 1110. The highest BCUT2D eigenvalue weighted by Crippen LogP contribution is 2.41. The molecule has 140 valence electrons. The molecule has 1 aliphatic heterocycles. The van der Waals surface area contributed by atoms with Crippen LogP contribution in [0, 0.1) is 6.92 Å². The normalized spacial score (nSPS) is 17.8. The number of benzene rings is 1. The van der Waals surface area contributed by atoms with Gasteiger partial charge in [0.25, 0.3) is 0 Å². The molecule has 2 aliphatic rings. The van der Waals surface area contributed by atoms with Gasteiger partial charge in [-0.3, -0.25) is 0 Å². The number of rotatable bonds is 4. The zero-order valence-electron chi connectivity index (χ0n) is 14.9. The molecular weight excluding hydrogens is 382 g/mol. The van der Waals surface area contributed by atoms with Gasteiger partial charge in [0.1, 0.15) is 0 Å². The summed E-state index contributed by atoms with van der Waals surface area (Å²) in [5, 5.41) is 4.04. The van der Waals surface area contributed by atoms with Crippen molar-refractivity contribution in [3.63, 3.8) is 0 Å². The third-order valence-electron chi connectivity index (χ3n) is 5.17. The maximum Gasteiger partial charge on any atom is 0.244 e. The average molecular weight is 402 g/mol. The summed E-state index contributed by atoms with van der Waals surface area (Å²) in [4.78, 5) is 6.28. The van der Waals surface area contributed by atoms with Gasteiger partial charge in [0, 0.05) is 23.9 Å². The van der Waals surface area contributed by atoms with Gasteiger partial charge in [0.2, 0.25) is 21.7 Å². The summed E-state index contributed by atoms with van der Waals surface area (Å²) in [6.45, 7) is 2.75. The van der Waals surface area contributed by atoms with Crippen LogP contribution >= 0.6 is 11.3 Å². The summed E-state index contributed by atoms with van der Waals surface area (Å²) in [5.74, 6) is 1.52. The third-order valence-corrected chi connectivity index (χ3v) is 8.32. The Morgan fingerprint density at radius 1 is 1.22 bits per heavy atom. The maximum atomic E-state index is 13.3. The van der Waals surface area contributed by atoms with E-state index in [1.807, 2.05) is 25.1 Å². The molecule has 0 amide bonds. The van der Waals surface area contributed by atoms with E-state index >= 15 is 0 Å². The van der Waals surface area contributed by atoms with E-state index < -0.39 is 10.0 Å². The molecule has 2 aromatic heterocycles. The van der Waals surface area contributed by atoms with Gasteiger partial charge < -0.3 is 4.52 Å². The standard InChI is InChI=1S/C19H19N3O3S2/c1-12-17(10-16(26-12)18-20-19(25-21-18)14-6-7-14)27(23,24)22-9-8-13-4-2-3-5-15(13)11-22/h2-5,10,14H,6-9,11H2,1H3. The van der Waals surface area contributed by atoms with Crippen molar-refractivity contribution in [2.45, 2.75) is 43.5 Å². The highest BCUT2D eigenvalue weighted by molar-refractivity contribution is 7.89. The number of nitrogens with zero attached hydrogens (tertiary/aromatic N) is 3. The number of hydrogen-bond acceptors (Lipinski definition) is 6. The van der Waals surface area contributed by atoms with Crippen molar-refractivity contribution >= 4 is 21.4 Å². The first-order chi connectivity index (χ1) is 13.0. The van der Waals surface area contributed by atoms with Crippen LogP contribution < -0.4 is 0 Å². The fourth-order valence-electron chi connectivity index (χ4n) is 3.48. The lowest BCUT2D eigenvalue weighted by molar-refractivity contribution is 0.380. The van der Waals surface area contributed by atoms with Crippen LogP contribution in [0.15, 0.2) is 39.8 Å². The van der Waals surface area contributed by atoms with Crippen molar-refractivity contribution in [2.24, 2.45) is 0 Å². The highest BCUT2D eigenvalue weighted by atomic mass is 32.2. The van der Waals surface area contributed by atoms with Gasteiger partial charge in [0.15, 0.2) is 0 Å². The minimum Gasteiger partial charge on any atom is -0.339 e. The van der Waals surface area contributed by atoms with Crippen LogP contribution in [0.25, 0.3) is 10.7 Å². The zero-order valence-corrected chi connectivity index (χ0v) is 16.5. The molecule has 6 nitrogen and oxygen atoms in total. The van der Waals surface area contributed by atoms with Gasteiger partial charge in [-0.1, -0.05) is 29.4 Å². The first-order valence-corrected chi connectivity index (χ1v) is 11.3. The number of aromatic nitrogens is 2. The lowest BCUT2D eigenvalue weighted by Gasteiger charge is -2.28. The van der Waals surface area contributed by atoms with Crippen LogP contribution in [0.5, 0.6) is 0 Å². The summed E-state index contributed by atoms with van der Waals surface area (Å²) in [5.41, 5.74) is 2.30. The molecule has 8 heteroatoms. The quantitative estimate of drug-likeness (QED) is 0.666. The largest absolute Gasteiger partial charge is 0.339 e. The fraction of sp³-hybridized carbons (Fsp3) is 0.368. The van der Waals surface area contributed by atoms with Gasteiger partial charge in [-0.05, 0) is 43.4 Å². The maximum absolute atomic E-state index is 13.3. The molecule has 1 aliphatic carbocycles. The minimum absolute atomic E-state index is 0.347. The van der Waals surface area contributed by atoms with Crippen LogP contribution in [-0.4, -0.2) is 29.4 Å². The lowest BCUT2D eigenvalue weighted by atomic mass is 10.0. The number of sulfonamides is 1. The molecule has 0 bridgehead atoms. The van der Waals surface area contributed by atoms with Gasteiger partial charge >= 0.3 is 0 Å². The molecule has 0 unspecified atom stereocenters. The predicted octanol–water partition coefficient (Wildman–Crippen LogP) is 3.73. The fourth-order valence-corrected chi connectivity index (χ4v) is 6.38. The summed E-state index contributed by atoms with van der Waals surface area (Å²) in [7, 11) is -3.56. The van der Waals surface area contributed by atoms with Crippen molar-refractivity contribution in [3.8, 4) is 10.7 Å². The van der Waals surface area contributed by atoms with E-state index in [9.17, 15) is 8.42 Å². The van der Waals surface area contributed by atoms with Crippen LogP contribution in [0.3, 0.4) is 0 Å². The molecule has 0 saturated heterocycles. The monoisotopic (exact) mass is 401 g/mol. The van der Waals surface area contributed by atoms with Crippen LogP contribution in [-0.2, 0) is 23.0 Å². The van der Waals surface area contributed by atoms with E-state index in [1.54, 1.807) is 10.4 Å². The Hall–Kier alpha value is -2.03. The summed E-state index contributed by atoms with van der Waals surface area (Å²) in [6.07, 6.45) is 2.91. The Balaban J connectivity index is 1.46. The number of hydrogen-bond donors (Lipinski definition) is 0. The van der Waals surface area contributed by atoms with E-state index in [0.29, 0.717) is 35.6 Å². The van der Waals surface area contributed by atoms with Gasteiger partial charge in [-0.15, -0.1) is 11.3 Å². The molecule has 1 aromatic carbocycles. The number of thiophene rings is 1. The number of fused-ring (bicyclic) bond motifs is 1. The van der Waals surface area contributed by atoms with Gasteiger partial charge in [-0.2, -0.15) is 9.29 Å². The first-order valence-electron chi connectivity index (χ1n) is 9.04. The lowest BCUT2D eigenvalue weighted by Crippen LogP contribution is -2.36. The van der Waals surface area contributed by atoms with E-state index in [1.165, 1.54) is 16.9 Å². The summed E-state index contributed by atoms with van der Waals surface area (Å²) in [6, 6.07) is 9.72. The van der Waals surface area contributed by atoms with E-state index in [2.05, 4.69) is 16.2 Å². The molecule has 1 fully saturated rings. The Morgan fingerprint density at radius 3 is 2.78 bits per heavy atom. The van der Waals surface area contributed by atoms with Crippen LogP contribution in [0.1, 0.15) is 40.7 Å². The highest BCUT2D eigenvalue weighted by Gasteiger charge is 2.33. The van der Waals surface area contributed by atoms with Crippen molar-refractivity contribution < 1.29 is 12.9 Å². The first kappa shape index (κ1) is 17.1. The Kier molecular flexibility index (Phi) is 3.96. The van der Waals surface area contributed by atoms with Crippen molar-refractivity contribution in [3.05, 3.63) is 52.2 Å². The smallest absolute Gasteiger partial charge is 0.244 e. The van der Waals surface area contributed by atoms with Crippen LogP contribution in [0.2, 0.25) is 0 Å². The van der Waals surface area contributed by atoms with Crippen molar-refractivity contribution in [1.82, 2.24) is 14.4 Å². The molecule has 0 atom stereocenters. The predicted molar refractivity (Wildman–Crippen MR) is 102 cm³/mol. The van der Waals surface area contributed by atoms with Gasteiger partial charge in [0.05, 0.1) is 9.77 Å². The SMILES string of the molecule is Cc1sc(-c2noc(C3CC3)n2)cc1S(=O)(=O)N1CCc2ccccc2C1. The molecule has 0 radical (unpaired) electrons. The van der Waals surface area contributed by atoms with E-state index in [-0.39, 0.29) is 0 Å². The average Bonchev–Trinajstić information content (AvgIpc) is 3.26. The van der Waals surface area contributed by atoms with Gasteiger partial charge in [-0.25, -0.2) is 8.42 Å². The minimum atomic E-state index is -3.56. The Morgan fingerprint density at radius 2 is 2.00 bits per heavy atom. The number of aryl methyl sites for hydroxylation is 1. The molecule has 0 N–H and O–H groups in total. The third kappa shape index (κ3) is 3.01. The second kappa shape index (κ2) is 6.25. The molecule has 27 heavy (non-hydrogen) atoms. The second-order valence-corrected chi connectivity index (χ2v) is 10.3. The molecular formula is C19H19N3O3S2. The zero-order chi connectivity index (χ0) is 18.6. The van der Waals surface area contributed by atoms with Crippen molar-refractivity contribution in [2.75, 3.05) is 6.54 Å². The van der Waals surface area contributed by atoms with Crippen molar-refractivity contribution in [1.29, 1.82) is 0 Å². The van der Waals surface area contributed by atoms with E-state index in [0.717, 1.165) is 34.6 Å². The molecule has 3 aromatic rings. The van der Waals surface area contributed by atoms with Crippen LogP contribution in [0.4, 0.5) is 0 Å². The second-order valence-electron chi connectivity index (χ2n) is 7.12.